The Bertz CT molecular complexity index is 326. The summed E-state index contributed by atoms with van der Waals surface area (Å²) in [6.07, 6.45) is 5.82. The zero-order chi connectivity index (χ0) is 7.68. The van der Waals surface area contributed by atoms with Gasteiger partial charge in [0.05, 0.1) is 0 Å². The third kappa shape index (κ3) is 2.49. The number of hydrogen-bond acceptors (Lipinski definition) is 1. The van der Waals surface area contributed by atoms with Gasteiger partial charge in [-0.15, -0.1) is 6.08 Å². The van der Waals surface area contributed by atoms with Gasteiger partial charge < -0.3 is 14.2 Å². The van der Waals surface area contributed by atoms with E-state index in [1.165, 1.54) is 0 Å². The van der Waals surface area contributed by atoms with E-state index < -0.39 is 0 Å². The zero-order valence-corrected chi connectivity index (χ0v) is 8.08. The summed E-state index contributed by atoms with van der Waals surface area (Å²) >= 11 is 0. The molecule has 0 radical (unpaired) electrons. The molecule has 2 rings (SSSR count). The molecule has 1 unspecified atom stereocenters. The molecule has 0 heterocycles. The molecule has 1 aromatic rings. The average molecular weight is 240 g/mol. The van der Waals surface area contributed by atoms with Crippen molar-refractivity contribution in [3.05, 3.63) is 41.5 Å². The van der Waals surface area contributed by atoms with Gasteiger partial charge in [0.25, 0.3) is 0 Å². The molecule has 0 amide bonds. The van der Waals surface area contributed by atoms with E-state index in [1.807, 2.05) is 42.7 Å². The Morgan fingerprint density at radius 2 is 1.79 bits per heavy atom. The second kappa shape index (κ2) is 6.45. The van der Waals surface area contributed by atoms with Crippen molar-refractivity contribution in [1.29, 1.82) is 0 Å². The van der Waals surface area contributed by atoms with E-state index in [0.717, 1.165) is 11.1 Å². The average Bonchev–Trinajstić information content (AvgIpc) is 2.47. The standard InChI is InChI=1S/C10H7O.Co.2FH/c11-7-9-6-5-8-3-1-2-4-10(8)9;;;/h1-6,9H;;2*1H/q-1;+3;;/p-2. The van der Waals surface area contributed by atoms with Gasteiger partial charge in [-0.3, -0.25) is 6.29 Å². The molecule has 0 N–H and O–H groups in total. The van der Waals surface area contributed by atoms with E-state index >= 15 is 0 Å². The molecule has 1 aliphatic carbocycles. The Balaban J connectivity index is 0. The SMILES string of the molecule is O=[C-]C1C=Cc2ccccc21.[Co+3].[F-].[F-]. The number of halogens is 2. The van der Waals surface area contributed by atoms with Gasteiger partial charge in [0.1, 0.15) is 0 Å². The summed E-state index contributed by atoms with van der Waals surface area (Å²) in [5, 5.41) is 0. The maximum atomic E-state index is 10.4. The third-order valence-electron chi connectivity index (χ3n) is 1.93. The quantitative estimate of drug-likeness (QED) is 0.456. The number of rotatable bonds is 1. The van der Waals surface area contributed by atoms with Gasteiger partial charge in [0.15, 0.2) is 0 Å². The van der Waals surface area contributed by atoms with Crippen LogP contribution in [0.5, 0.6) is 0 Å². The van der Waals surface area contributed by atoms with Crippen LogP contribution in [0, 0.1) is 0 Å². The van der Waals surface area contributed by atoms with Gasteiger partial charge in [0.2, 0.25) is 0 Å². The second-order valence-electron chi connectivity index (χ2n) is 2.58. The maximum absolute atomic E-state index is 10.4. The largest absolute Gasteiger partial charge is 3.00 e. The van der Waals surface area contributed by atoms with E-state index in [2.05, 4.69) is 0 Å². The number of benzene rings is 1. The first kappa shape index (κ1) is 15.5. The van der Waals surface area contributed by atoms with Gasteiger partial charge in [-0.1, -0.05) is 41.8 Å². The Labute approximate surface area is 91.1 Å². The predicted octanol–water partition coefficient (Wildman–Crippen LogP) is -4.09. The van der Waals surface area contributed by atoms with Crippen LogP contribution in [-0.2, 0) is 21.6 Å². The van der Waals surface area contributed by atoms with Crippen molar-refractivity contribution in [1.82, 2.24) is 0 Å². The van der Waals surface area contributed by atoms with Crippen molar-refractivity contribution >= 4 is 12.4 Å². The van der Waals surface area contributed by atoms with Crippen molar-refractivity contribution < 1.29 is 31.0 Å². The van der Waals surface area contributed by atoms with E-state index in [-0.39, 0.29) is 32.1 Å². The van der Waals surface area contributed by atoms with Crippen molar-refractivity contribution in [2.75, 3.05) is 0 Å². The van der Waals surface area contributed by atoms with Gasteiger partial charge in [-0.05, 0) is 5.56 Å². The summed E-state index contributed by atoms with van der Waals surface area (Å²) in [5.41, 5.74) is 2.21. The minimum Gasteiger partial charge on any atom is -1.00 e. The first-order valence-corrected chi connectivity index (χ1v) is 3.56. The maximum Gasteiger partial charge on any atom is 3.00 e. The first-order chi connectivity index (χ1) is 5.42. The smallest absolute Gasteiger partial charge is 1.00 e. The fraction of sp³-hybridized carbons (Fsp3) is 0.100. The van der Waals surface area contributed by atoms with Crippen LogP contribution in [0.3, 0.4) is 0 Å². The Hall–Kier alpha value is -1.00. The van der Waals surface area contributed by atoms with Crippen LogP contribution < -0.4 is 9.41 Å². The molecule has 0 saturated carbocycles. The molecule has 0 saturated heterocycles. The molecule has 0 spiro atoms. The van der Waals surface area contributed by atoms with Crippen LogP contribution in [0.4, 0.5) is 0 Å². The summed E-state index contributed by atoms with van der Waals surface area (Å²) in [6, 6.07) is 7.88. The predicted molar refractivity (Wildman–Crippen MR) is 43.9 cm³/mol. The van der Waals surface area contributed by atoms with Gasteiger partial charge in [-0.2, -0.15) is 0 Å². The molecule has 1 atom stereocenters. The van der Waals surface area contributed by atoms with E-state index in [1.54, 1.807) is 0 Å². The molecule has 76 valence electrons. The van der Waals surface area contributed by atoms with Crippen LogP contribution in [0.25, 0.3) is 6.08 Å². The summed E-state index contributed by atoms with van der Waals surface area (Å²) < 4.78 is 0. The van der Waals surface area contributed by atoms with Gasteiger partial charge in [0, 0.05) is 0 Å². The summed E-state index contributed by atoms with van der Waals surface area (Å²) in [6.45, 7) is 0. The topological polar surface area (TPSA) is 17.1 Å². The van der Waals surface area contributed by atoms with Crippen molar-refractivity contribution in [2.24, 2.45) is 0 Å². The second-order valence-corrected chi connectivity index (χ2v) is 2.58. The molecular weight excluding hydrogens is 233 g/mol. The molecule has 0 aromatic heterocycles. The van der Waals surface area contributed by atoms with Gasteiger partial charge in [-0.25, -0.2) is 0 Å². The number of carbonyl (C=O) groups excluding carboxylic acids is 1. The first-order valence-electron chi connectivity index (χ1n) is 3.56. The summed E-state index contributed by atoms with van der Waals surface area (Å²) in [5.74, 6) is -0.133. The normalized spacial score (nSPS) is 15.6. The minimum absolute atomic E-state index is 0. The Morgan fingerprint density at radius 1 is 1.14 bits per heavy atom. The van der Waals surface area contributed by atoms with Crippen LogP contribution in [0.15, 0.2) is 30.3 Å². The van der Waals surface area contributed by atoms with Gasteiger partial charge >= 0.3 is 16.8 Å². The molecule has 0 aliphatic heterocycles. The monoisotopic (exact) mass is 240 g/mol. The van der Waals surface area contributed by atoms with E-state index in [9.17, 15) is 4.79 Å². The number of fused-ring (bicyclic) bond motifs is 1. The number of hydrogen-bond donors (Lipinski definition) is 0. The van der Waals surface area contributed by atoms with Crippen LogP contribution in [0.2, 0.25) is 0 Å². The molecule has 0 fully saturated rings. The van der Waals surface area contributed by atoms with Crippen LogP contribution in [0.1, 0.15) is 17.0 Å². The third-order valence-corrected chi connectivity index (χ3v) is 1.93. The molecular formula is C10H7CoF2O. The Morgan fingerprint density at radius 3 is 2.43 bits per heavy atom. The van der Waals surface area contributed by atoms with Crippen molar-refractivity contribution in [2.45, 2.75) is 5.92 Å². The molecule has 14 heavy (non-hydrogen) atoms. The van der Waals surface area contributed by atoms with E-state index in [0.29, 0.717) is 0 Å². The fourth-order valence-electron chi connectivity index (χ4n) is 1.35. The number of allylic oxidation sites excluding steroid dienone is 1. The minimum atomic E-state index is -0.133. The van der Waals surface area contributed by atoms with Crippen molar-refractivity contribution in [3.8, 4) is 0 Å². The molecule has 1 aliphatic rings. The molecule has 1 nitrogen and oxygen atoms in total. The van der Waals surface area contributed by atoms with Crippen LogP contribution in [-0.4, -0.2) is 6.29 Å². The molecule has 0 bridgehead atoms. The molecule has 1 aromatic carbocycles. The zero-order valence-electron chi connectivity index (χ0n) is 7.04. The fourth-order valence-corrected chi connectivity index (χ4v) is 1.35. The molecule has 4 heteroatoms. The summed E-state index contributed by atoms with van der Waals surface area (Å²) in [4.78, 5) is 10.4. The van der Waals surface area contributed by atoms with E-state index in [4.69, 9.17) is 0 Å². The Kier molecular flexibility index (Phi) is 7.13. The summed E-state index contributed by atoms with van der Waals surface area (Å²) in [7, 11) is 0. The van der Waals surface area contributed by atoms with Crippen LogP contribution >= 0.6 is 0 Å². The van der Waals surface area contributed by atoms with Crippen molar-refractivity contribution in [3.63, 3.8) is 0 Å².